The molecule has 4 heteroatoms. The zero-order valence-corrected chi connectivity index (χ0v) is 16.1. The lowest BCUT2D eigenvalue weighted by Crippen LogP contribution is -2.51. The van der Waals surface area contributed by atoms with Crippen molar-refractivity contribution in [1.82, 2.24) is 0 Å². The average molecular weight is 350 g/mol. The van der Waals surface area contributed by atoms with Crippen molar-refractivity contribution in [3.05, 3.63) is 23.8 Å². The van der Waals surface area contributed by atoms with Gasteiger partial charge in [-0.3, -0.25) is 0 Å². The van der Waals surface area contributed by atoms with Gasteiger partial charge in [-0.05, 0) is 58.4 Å². The molecule has 0 saturated carbocycles. The van der Waals surface area contributed by atoms with Crippen molar-refractivity contribution < 1.29 is 19.3 Å². The van der Waals surface area contributed by atoms with Gasteiger partial charge in [0.15, 0.2) is 11.6 Å². The number of ether oxygens (including phenoxy) is 3. The number of hydrogen-bond acceptors (Lipinski definition) is 4. The highest BCUT2D eigenvalue weighted by atomic mass is 16.8. The van der Waals surface area contributed by atoms with Gasteiger partial charge < -0.3 is 19.3 Å². The third kappa shape index (κ3) is 4.02. The van der Waals surface area contributed by atoms with Crippen LogP contribution in [0.15, 0.2) is 23.8 Å². The fourth-order valence-corrected chi connectivity index (χ4v) is 4.38. The van der Waals surface area contributed by atoms with Crippen molar-refractivity contribution in [1.29, 1.82) is 0 Å². The third-order valence-corrected chi connectivity index (χ3v) is 6.15. The summed E-state index contributed by atoms with van der Waals surface area (Å²) in [5.41, 5.74) is 0.843. The van der Waals surface area contributed by atoms with Crippen LogP contribution < -0.4 is 0 Å². The second-order valence-corrected chi connectivity index (χ2v) is 8.01. The minimum atomic E-state index is -0.643. The van der Waals surface area contributed by atoms with Crippen LogP contribution in [0, 0.1) is 0 Å². The molecule has 2 fully saturated rings. The van der Waals surface area contributed by atoms with Crippen LogP contribution in [0.2, 0.25) is 0 Å². The second-order valence-electron chi connectivity index (χ2n) is 8.01. The van der Waals surface area contributed by atoms with E-state index in [0.717, 1.165) is 64.4 Å². The predicted molar refractivity (Wildman–Crippen MR) is 98.1 cm³/mol. The molecule has 0 aromatic carbocycles. The van der Waals surface area contributed by atoms with Crippen LogP contribution in [0.1, 0.15) is 78.6 Å². The molecule has 25 heavy (non-hydrogen) atoms. The van der Waals surface area contributed by atoms with E-state index in [1.807, 2.05) is 6.92 Å². The van der Waals surface area contributed by atoms with Gasteiger partial charge in [0.25, 0.3) is 0 Å². The summed E-state index contributed by atoms with van der Waals surface area (Å²) < 4.78 is 18.8. The quantitative estimate of drug-likeness (QED) is 0.735. The fourth-order valence-electron chi connectivity index (χ4n) is 4.38. The van der Waals surface area contributed by atoms with Gasteiger partial charge in [-0.2, -0.15) is 0 Å². The Hall–Kier alpha value is -0.680. The molecular formula is C21H34O4. The van der Waals surface area contributed by atoms with E-state index in [1.54, 1.807) is 0 Å². The maximum atomic E-state index is 10.8. The summed E-state index contributed by atoms with van der Waals surface area (Å²) in [5, 5.41) is 10.8. The van der Waals surface area contributed by atoms with Gasteiger partial charge in [0.2, 0.25) is 0 Å². The van der Waals surface area contributed by atoms with E-state index in [4.69, 9.17) is 14.2 Å². The van der Waals surface area contributed by atoms with Gasteiger partial charge in [0.05, 0.1) is 18.3 Å². The van der Waals surface area contributed by atoms with Gasteiger partial charge >= 0.3 is 0 Å². The largest absolute Gasteiger partial charge is 0.390 e. The molecule has 3 aliphatic rings. The molecular weight excluding hydrogens is 316 g/mol. The number of aliphatic hydroxyl groups excluding tert-OH is 1. The van der Waals surface area contributed by atoms with Gasteiger partial charge in [0.1, 0.15) is 0 Å². The van der Waals surface area contributed by atoms with Crippen molar-refractivity contribution in [2.45, 2.75) is 102 Å². The van der Waals surface area contributed by atoms with Gasteiger partial charge in [-0.1, -0.05) is 24.6 Å². The molecule has 2 spiro atoms. The van der Waals surface area contributed by atoms with Crippen LogP contribution in [0.3, 0.4) is 0 Å². The zero-order chi connectivity index (χ0) is 18.0. The first kappa shape index (κ1) is 19.1. The number of allylic oxidation sites excluding steroid dienone is 2. The van der Waals surface area contributed by atoms with E-state index in [-0.39, 0.29) is 0 Å². The standard InChI is InChI=1S/C21H34O4/c1-4-17(5-2)9-10-18(22)19(3)14-15-21(24-19)13-8-12-20(25-21)11-6-7-16-23-20/h4,8,12,18,22H,5-7,9-11,13-16H2,1-3H3/b17-4+/t18-,19-,20+,21+/m1/s1. The summed E-state index contributed by atoms with van der Waals surface area (Å²) in [4.78, 5) is 0. The Morgan fingerprint density at radius 1 is 1.24 bits per heavy atom. The molecule has 0 aliphatic carbocycles. The molecule has 0 amide bonds. The molecule has 0 unspecified atom stereocenters. The van der Waals surface area contributed by atoms with E-state index in [1.165, 1.54) is 5.57 Å². The monoisotopic (exact) mass is 350 g/mol. The lowest BCUT2D eigenvalue weighted by Gasteiger charge is -2.45. The summed E-state index contributed by atoms with van der Waals surface area (Å²) in [6.07, 6.45) is 14.0. The maximum absolute atomic E-state index is 10.8. The molecule has 142 valence electrons. The predicted octanol–water partition coefficient (Wildman–Crippen LogP) is 4.62. The second kappa shape index (κ2) is 7.51. The number of hydrogen-bond donors (Lipinski definition) is 1. The smallest absolute Gasteiger partial charge is 0.191 e. The molecule has 0 aromatic rings. The Labute approximate surface area is 152 Å². The van der Waals surface area contributed by atoms with Crippen molar-refractivity contribution in [3.8, 4) is 0 Å². The number of aliphatic hydroxyl groups is 1. The van der Waals surface area contributed by atoms with E-state index >= 15 is 0 Å². The molecule has 0 radical (unpaired) electrons. The molecule has 3 heterocycles. The SMILES string of the molecule is C/C=C(\CC)CC[C@@H](O)[C@@]1(C)CC[C@@]2(CC=C[C@]3(CCCCO3)O2)O1. The van der Waals surface area contributed by atoms with E-state index < -0.39 is 23.3 Å². The fraction of sp³-hybridized carbons (Fsp3) is 0.810. The lowest BCUT2D eigenvalue weighted by molar-refractivity contribution is -0.361. The van der Waals surface area contributed by atoms with E-state index in [9.17, 15) is 5.11 Å². The Balaban J connectivity index is 1.64. The van der Waals surface area contributed by atoms with E-state index in [2.05, 4.69) is 32.1 Å². The van der Waals surface area contributed by atoms with Gasteiger partial charge in [0, 0.05) is 19.3 Å². The Kier molecular flexibility index (Phi) is 5.74. The maximum Gasteiger partial charge on any atom is 0.191 e. The molecule has 1 N–H and O–H groups in total. The van der Waals surface area contributed by atoms with Gasteiger partial charge in [-0.15, -0.1) is 0 Å². The summed E-state index contributed by atoms with van der Waals surface area (Å²) >= 11 is 0. The van der Waals surface area contributed by atoms with Crippen LogP contribution in [-0.4, -0.2) is 35.0 Å². The molecule has 4 atom stereocenters. The van der Waals surface area contributed by atoms with Crippen molar-refractivity contribution in [2.24, 2.45) is 0 Å². The highest BCUT2D eigenvalue weighted by molar-refractivity contribution is 5.09. The van der Waals surface area contributed by atoms with Crippen LogP contribution >= 0.6 is 0 Å². The van der Waals surface area contributed by atoms with E-state index in [0.29, 0.717) is 0 Å². The number of rotatable bonds is 5. The van der Waals surface area contributed by atoms with Crippen molar-refractivity contribution in [3.63, 3.8) is 0 Å². The first-order valence-corrected chi connectivity index (χ1v) is 9.99. The van der Waals surface area contributed by atoms with Crippen molar-refractivity contribution in [2.75, 3.05) is 6.61 Å². The minimum absolute atomic E-state index is 0.480. The average Bonchev–Trinajstić information content (AvgIpc) is 2.93. The molecule has 0 aromatic heterocycles. The van der Waals surface area contributed by atoms with Gasteiger partial charge in [-0.25, -0.2) is 0 Å². The molecule has 3 rings (SSSR count). The normalized spacial score (nSPS) is 40.1. The first-order chi connectivity index (χ1) is 11.9. The summed E-state index contributed by atoms with van der Waals surface area (Å²) in [5.74, 6) is -1.26. The zero-order valence-electron chi connectivity index (χ0n) is 16.1. The first-order valence-electron chi connectivity index (χ1n) is 9.99. The van der Waals surface area contributed by atoms with Crippen molar-refractivity contribution >= 4 is 0 Å². The highest BCUT2D eigenvalue weighted by Gasteiger charge is 2.55. The molecule has 0 bridgehead atoms. The molecule has 3 aliphatic heterocycles. The van der Waals surface area contributed by atoms with Crippen LogP contribution in [0.4, 0.5) is 0 Å². The topological polar surface area (TPSA) is 47.9 Å². The summed E-state index contributed by atoms with van der Waals surface area (Å²) in [6, 6.07) is 0. The Bertz CT molecular complexity index is 520. The molecule has 2 saturated heterocycles. The molecule has 4 nitrogen and oxygen atoms in total. The highest BCUT2D eigenvalue weighted by Crippen LogP contribution is 2.49. The van der Waals surface area contributed by atoms with Crippen LogP contribution in [0.5, 0.6) is 0 Å². The lowest BCUT2D eigenvalue weighted by atomic mass is 9.90. The van der Waals surface area contributed by atoms with Crippen LogP contribution in [-0.2, 0) is 14.2 Å². The third-order valence-electron chi connectivity index (χ3n) is 6.15. The van der Waals surface area contributed by atoms with Crippen LogP contribution in [0.25, 0.3) is 0 Å². The Morgan fingerprint density at radius 3 is 2.76 bits per heavy atom. The summed E-state index contributed by atoms with van der Waals surface area (Å²) in [7, 11) is 0. The summed E-state index contributed by atoms with van der Waals surface area (Å²) in [6.45, 7) is 7.00. The Morgan fingerprint density at radius 2 is 2.08 bits per heavy atom. The minimum Gasteiger partial charge on any atom is -0.390 e.